The van der Waals surface area contributed by atoms with Gasteiger partial charge in [-0.25, -0.2) is 4.39 Å². The summed E-state index contributed by atoms with van der Waals surface area (Å²) in [7, 11) is 0. The maximum absolute atomic E-state index is 12.8. The van der Waals surface area contributed by atoms with E-state index >= 15 is 0 Å². The van der Waals surface area contributed by atoms with Gasteiger partial charge in [0.1, 0.15) is 5.82 Å². The number of nitrogens with two attached hydrogens (primary N) is 1. The number of nitrogens with zero attached hydrogens (tertiary/aromatic N) is 1. The largest absolute Gasteiger partial charge is 0.326 e. The lowest BCUT2D eigenvalue weighted by Gasteiger charge is -1.99. The lowest BCUT2D eigenvalue weighted by atomic mass is 10.2. The van der Waals surface area contributed by atoms with E-state index in [9.17, 15) is 14.5 Å². The Balaban J connectivity index is 3.27. The zero-order valence-electron chi connectivity index (χ0n) is 6.16. The van der Waals surface area contributed by atoms with Crippen molar-refractivity contribution in [1.29, 1.82) is 0 Å². The first-order chi connectivity index (χ1) is 5.66. The summed E-state index contributed by atoms with van der Waals surface area (Å²) in [5, 5.41) is 10.3. The molecule has 0 aromatic heterocycles. The van der Waals surface area contributed by atoms with Gasteiger partial charge in [-0.2, -0.15) is 0 Å². The van der Waals surface area contributed by atoms with Crippen molar-refractivity contribution in [2.24, 2.45) is 5.73 Å². The van der Waals surface area contributed by atoms with Crippen molar-refractivity contribution >= 4 is 5.69 Å². The molecule has 0 atom stereocenters. The second kappa shape index (κ2) is 3.27. The van der Waals surface area contributed by atoms with Crippen LogP contribution in [0.5, 0.6) is 0 Å². The average Bonchev–Trinajstić information content (AvgIpc) is 2.03. The van der Waals surface area contributed by atoms with E-state index < -0.39 is 10.7 Å². The zero-order chi connectivity index (χ0) is 9.14. The maximum Gasteiger partial charge on any atom is 0.276 e. The van der Waals surface area contributed by atoms with Gasteiger partial charge in [-0.05, 0) is 6.07 Å². The Kier molecular flexibility index (Phi) is 2.35. The SMILES string of the molecule is NCc1c(F)cccc1[N+](=O)[O-]. The van der Waals surface area contributed by atoms with Crippen molar-refractivity contribution in [3.63, 3.8) is 0 Å². The van der Waals surface area contributed by atoms with E-state index in [1.807, 2.05) is 0 Å². The van der Waals surface area contributed by atoms with Crippen LogP contribution in [-0.4, -0.2) is 4.92 Å². The van der Waals surface area contributed by atoms with Crippen LogP contribution in [0.4, 0.5) is 10.1 Å². The van der Waals surface area contributed by atoms with Gasteiger partial charge in [-0.1, -0.05) is 6.07 Å². The molecule has 0 spiro atoms. The predicted octanol–water partition coefficient (Wildman–Crippen LogP) is 1.19. The summed E-state index contributed by atoms with van der Waals surface area (Å²) in [6, 6.07) is 3.66. The van der Waals surface area contributed by atoms with Gasteiger partial charge in [0.05, 0.1) is 10.5 Å². The van der Waals surface area contributed by atoms with E-state index in [-0.39, 0.29) is 17.8 Å². The fraction of sp³-hybridized carbons (Fsp3) is 0.143. The third kappa shape index (κ3) is 1.40. The minimum atomic E-state index is -0.648. The Morgan fingerprint density at radius 3 is 2.67 bits per heavy atom. The first-order valence-electron chi connectivity index (χ1n) is 3.28. The van der Waals surface area contributed by atoms with Gasteiger partial charge in [0.15, 0.2) is 0 Å². The molecule has 0 unspecified atom stereocenters. The molecule has 0 amide bonds. The van der Waals surface area contributed by atoms with Crippen molar-refractivity contribution in [3.05, 3.63) is 39.7 Å². The molecule has 0 aliphatic heterocycles. The molecule has 64 valence electrons. The summed E-state index contributed by atoms with van der Waals surface area (Å²) in [5.74, 6) is -0.633. The predicted molar refractivity (Wildman–Crippen MR) is 40.9 cm³/mol. The van der Waals surface area contributed by atoms with Gasteiger partial charge in [0.2, 0.25) is 0 Å². The van der Waals surface area contributed by atoms with Crippen molar-refractivity contribution in [2.45, 2.75) is 6.54 Å². The minimum Gasteiger partial charge on any atom is -0.326 e. The highest BCUT2D eigenvalue weighted by Crippen LogP contribution is 2.19. The standard InChI is InChI=1S/C7H7FN2O2/c8-6-2-1-3-7(10(11)12)5(6)4-9/h1-3H,4,9H2. The number of nitro benzene ring substituents is 1. The van der Waals surface area contributed by atoms with Gasteiger partial charge in [-0.3, -0.25) is 10.1 Å². The summed E-state index contributed by atoms with van der Waals surface area (Å²) < 4.78 is 12.8. The Bertz CT molecular complexity index is 314. The Labute approximate surface area is 68.0 Å². The highest BCUT2D eigenvalue weighted by molar-refractivity contribution is 5.40. The van der Waals surface area contributed by atoms with Crippen LogP contribution in [0, 0.1) is 15.9 Å². The molecular weight excluding hydrogens is 163 g/mol. The van der Waals surface area contributed by atoms with Gasteiger partial charge in [0, 0.05) is 12.6 Å². The van der Waals surface area contributed by atoms with Crippen LogP contribution in [0.25, 0.3) is 0 Å². The molecule has 0 radical (unpaired) electrons. The second-order valence-corrected chi connectivity index (χ2v) is 2.20. The lowest BCUT2D eigenvalue weighted by molar-refractivity contribution is -0.385. The van der Waals surface area contributed by atoms with Crippen molar-refractivity contribution < 1.29 is 9.31 Å². The number of hydrogen-bond donors (Lipinski definition) is 1. The Morgan fingerprint density at radius 1 is 1.58 bits per heavy atom. The Hall–Kier alpha value is -1.49. The molecule has 0 heterocycles. The van der Waals surface area contributed by atoms with E-state index in [1.165, 1.54) is 12.1 Å². The third-order valence-electron chi connectivity index (χ3n) is 1.49. The fourth-order valence-electron chi connectivity index (χ4n) is 0.920. The van der Waals surface area contributed by atoms with Crippen molar-refractivity contribution in [1.82, 2.24) is 0 Å². The summed E-state index contributed by atoms with van der Waals surface area (Å²) >= 11 is 0. The van der Waals surface area contributed by atoms with E-state index in [0.717, 1.165) is 6.07 Å². The maximum atomic E-state index is 12.8. The van der Waals surface area contributed by atoms with Gasteiger partial charge in [0.25, 0.3) is 5.69 Å². The Morgan fingerprint density at radius 2 is 2.25 bits per heavy atom. The highest BCUT2D eigenvalue weighted by Gasteiger charge is 2.15. The summed E-state index contributed by atoms with van der Waals surface area (Å²) in [4.78, 5) is 9.67. The second-order valence-electron chi connectivity index (χ2n) is 2.20. The highest BCUT2D eigenvalue weighted by atomic mass is 19.1. The molecule has 1 aromatic rings. The topological polar surface area (TPSA) is 69.2 Å². The van der Waals surface area contributed by atoms with E-state index in [4.69, 9.17) is 5.73 Å². The monoisotopic (exact) mass is 170 g/mol. The van der Waals surface area contributed by atoms with Crippen molar-refractivity contribution in [2.75, 3.05) is 0 Å². The number of halogens is 1. The van der Waals surface area contributed by atoms with Crippen LogP contribution in [-0.2, 0) is 6.54 Å². The fourth-order valence-corrected chi connectivity index (χ4v) is 0.920. The average molecular weight is 170 g/mol. The molecule has 12 heavy (non-hydrogen) atoms. The van der Waals surface area contributed by atoms with Gasteiger partial charge >= 0.3 is 0 Å². The van der Waals surface area contributed by atoms with Crippen LogP contribution in [0.1, 0.15) is 5.56 Å². The first kappa shape index (κ1) is 8.61. The van der Waals surface area contributed by atoms with E-state index in [1.54, 1.807) is 0 Å². The number of benzene rings is 1. The normalized spacial score (nSPS) is 9.83. The number of nitro groups is 1. The smallest absolute Gasteiger partial charge is 0.276 e. The zero-order valence-corrected chi connectivity index (χ0v) is 6.16. The molecule has 4 nitrogen and oxygen atoms in total. The van der Waals surface area contributed by atoms with Crippen molar-refractivity contribution in [3.8, 4) is 0 Å². The molecule has 0 aliphatic rings. The van der Waals surface area contributed by atoms with E-state index in [2.05, 4.69) is 0 Å². The quantitative estimate of drug-likeness (QED) is 0.535. The van der Waals surface area contributed by atoms with Crippen LogP contribution >= 0.6 is 0 Å². The lowest BCUT2D eigenvalue weighted by Crippen LogP contribution is -2.04. The molecule has 2 N–H and O–H groups in total. The van der Waals surface area contributed by atoms with Crippen LogP contribution in [0.15, 0.2) is 18.2 Å². The third-order valence-corrected chi connectivity index (χ3v) is 1.49. The van der Waals surface area contributed by atoms with Crippen LogP contribution in [0.3, 0.4) is 0 Å². The van der Waals surface area contributed by atoms with Gasteiger partial charge in [-0.15, -0.1) is 0 Å². The first-order valence-corrected chi connectivity index (χ1v) is 3.28. The molecule has 1 aromatic carbocycles. The summed E-state index contributed by atoms with van der Waals surface area (Å²) in [5.41, 5.74) is 4.83. The van der Waals surface area contributed by atoms with Crippen LogP contribution in [0.2, 0.25) is 0 Å². The van der Waals surface area contributed by atoms with Gasteiger partial charge < -0.3 is 5.73 Å². The molecule has 5 heteroatoms. The molecule has 0 aliphatic carbocycles. The molecule has 0 bridgehead atoms. The molecule has 1 rings (SSSR count). The summed E-state index contributed by atoms with van der Waals surface area (Å²) in [6.45, 7) is -0.164. The van der Waals surface area contributed by atoms with Crippen LogP contribution < -0.4 is 5.73 Å². The molecular formula is C7H7FN2O2. The molecule has 0 saturated heterocycles. The summed E-state index contributed by atoms with van der Waals surface area (Å²) in [6.07, 6.45) is 0. The van der Waals surface area contributed by atoms with E-state index in [0.29, 0.717) is 0 Å². The number of rotatable bonds is 2. The number of hydrogen-bond acceptors (Lipinski definition) is 3. The molecule has 0 fully saturated rings. The molecule has 0 saturated carbocycles. The minimum absolute atomic E-state index is 0.0532.